The summed E-state index contributed by atoms with van der Waals surface area (Å²) >= 11 is 0. The summed E-state index contributed by atoms with van der Waals surface area (Å²) in [5.41, 5.74) is 2.88. The molecule has 1 aliphatic heterocycles. The van der Waals surface area contributed by atoms with E-state index < -0.39 is 0 Å². The van der Waals surface area contributed by atoms with Crippen molar-refractivity contribution in [3.63, 3.8) is 0 Å². The summed E-state index contributed by atoms with van der Waals surface area (Å²) in [7, 11) is 1.88. The lowest BCUT2D eigenvalue weighted by Crippen LogP contribution is -2.37. The molecule has 1 aliphatic rings. The highest BCUT2D eigenvalue weighted by molar-refractivity contribution is 5.90. The third kappa shape index (κ3) is 4.10. The number of aromatic nitrogens is 2. The Labute approximate surface area is 149 Å². The number of hydrogen-bond acceptors (Lipinski definition) is 2. The predicted octanol–water partition coefficient (Wildman–Crippen LogP) is 4.25. The van der Waals surface area contributed by atoms with Gasteiger partial charge in [-0.3, -0.25) is 4.68 Å². The van der Waals surface area contributed by atoms with E-state index in [1.807, 2.05) is 36.3 Å². The van der Waals surface area contributed by atoms with Crippen LogP contribution in [0.1, 0.15) is 43.9 Å². The molecule has 132 valence electrons. The van der Waals surface area contributed by atoms with Crippen molar-refractivity contribution in [2.75, 3.05) is 11.9 Å². The summed E-state index contributed by atoms with van der Waals surface area (Å²) < 4.78 is 1.75. The Balaban J connectivity index is 1.70. The first-order valence-corrected chi connectivity index (χ1v) is 8.89. The number of carbonyl (C=O) groups excluding carboxylic acids is 1. The number of benzene rings is 1. The van der Waals surface area contributed by atoms with Crippen molar-refractivity contribution >= 4 is 17.8 Å². The van der Waals surface area contributed by atoms with Gasteiger partial charge < -0.3 is 10.2 Å². The second-order valence-electron chi connectivity index (χ2n) is 6.86. The van der Waals surface area contributed by atoms with Crippen LogP contribution in [-0.4, -0.2) is 33.3 Å². The van der Waals surface area contributed by atoms with Crippen molar-refractivity contribution in [1.82, 2.24) is 14.7 Å². The van der Waals surface area contributed by atoms with Gasteiger partial charge in [0, 0.05) is 19.8 Å². The summed E-state index contributed by atoms with van der Waals surface area (Å²) in [6.45, 7) is 4.95. The van der Waals surface area contributed by atoms with Crippen LogP contribution in [0, 0.1) is 0 Å². The molecule has 2 heterocycles. The molecule has 3 rings (SSSR count). The topological polar surface area (TPSA) is 50.2 Å². The quantitative estimate of drug-likeness (QED) is 0.906. The average molecular weight is 338 g/mol. The molecule has 1 unspecified atom stereocenters. The molecule has 2 amide bonds. The molecular formula is C20H26N4O. The number of rotatable bonds is 4. The fourth-order valence-corrected chi connectivity index (χ4v) is 3.25. The van der Waals surface area contributed by atoms with E-state index in [-0.39, 0.29) is 18.0 Å². The molecule has 1 saturated heterocycles. The first kappa shape index (κ1) is 17.3. The largest absolute Gasteiger partial charge is 0.322 e. The average Bonchev–Trinajstić information content (AvgIpc) is 3.20. The Kier molecular flexibility index (Phi) is 5.22. The van der Waals surface area contributed by atoms with Crippen LogP contribution < -0.4 is 5.32 Å². The Morgan fingerprint density at radius 3 is 2.80 bits per heavy atom. The van der Waals surface area contributed by atoms with E-state index in [4.69, 9.17) is 0 Å². The van der Waals surface area contributed by atoms with E-state index in [2.05, 4.69) is 48.5 Å². The molecule has 0 saturated carbocycles. The number of nitrogens with zero attached hydrogens (tertiary/aromatic N) is 3. The van der Waals surface area contributed by atoms with Crippen molar-refractivity contribution in [3.8, 4) is 0 Å². The minimum atomic E-state index is -0.0462. The van der Waals surface area contributed by atoms with E-state index in [0.29, 0.717) is 0 Å². The van der Waals surface area contributed by atoms with Crippen LogP contribution in [0.25, 0.3) is 6.08 Å². The van der Waals surface area contributed by atoms with Crippen LogP contribution in [0.2, 0.25) is 0 Å². The lowest BCUT2D eigenvalue weighted by molar-refractivity contribution is 0.214. The summed E-state index contributed by atoms with van der Waals surface area (Å²) in [5.74, 6) is 0.267. The van der Waals surface area contributed by atoms with E-state index >= 15 is 0 Å². The Morgan fingerprint density at radius 2 is 2.08 bits per heavy atom. The molecule has 2 aromatic rings. The lowest BCUT2D eigenvalue weighted by Gasteiger charge is -2.22. The summed E-state index contributed by atoms with van der Waals surface area (Å²) in [4.78, 5) is 14.7. The number of nitrogens with one attached hydrogen (secondary N) is 1. The number of anilines is 1. The van der Waals surface area contributed by atoms with Gasteiger partial charge in [-0.05, 0) is 24.3 Å². The van der Waals surface area contributed by atoms with Crippen LogP contribution in [-0.2, 0) is 7.05 Å². The molecule has 1 fully saturated rings. The highest BCUT2D eigenvalue weighted by atomic mass is 16.2. The fourth-order valence-electron chi connectivity index (χ4n) is 3.25. The van der Waals surface area contributed by atoms with E-state index in [0.717, 1.165) is 36.3 Å². The van der Waals surface area contributed by atoms with Gasteiger partial charge in [0.1, 0.15) is 0 Å². The second-order valence-corrected chi connectivity index (χ2v) is 6.86. The van der Waals surface area contributed by atoms with Gasteiger partial charge in [-0.2, -0.15) is 5.10 Å². The van der Waals surface area contributed by atoms with Gasteiger partial charge in [0.15, 0.2) is 0 Å². The van der Waals surface area contributed by atoms with Gasteiger partial charge in [0.25, 0.3) is 0 Å². The molecule has 0 aliphatic carbocycles. The molecule has 0 radical (unpaired) electrons. The Hall–Kier alpha value is -2.56. The van der Waals surface area contributed by atoms with E-state index in [1.165, 1.54) is 0 Å². The van der Waals surface area contributed by atoms with Crippen LogP contribution in [0.5, 0.6) is 0 Å². The monoisotopic (exact) mass is 338 g/mol. The van der Waals surface area contributed by atoms with Gasteiger partial charge in [0.05, 0.1) is 17.4 Å². The molecular weight excluding hydrogens is 312 g/mol. The van der Waals surface area contributed by atoms with Crippen LogP contribution in [0.3, 0.4) is 0 Å². The van der Waals surface area contributed by atoms with Gasteiger partial charge >= 0.3 is 6.03 Å². The maximum absolute atomic E-state index is 12.8. The fraction of sp³-hybridized carbons (Fsp3) is 0.400. The minimum absolute atomic E-state index is 0.0462. The maximum Gasteiger partial charge on any atom is 0.322 e. The van der Waals surface area contributed by atoms with E-state index in [1.54, 1.807) is 4.68 Å². The SMILES string of the molecule is CC(C)c1nn(C)cc1NC(=O)N1CCCC1/C=C/c1ccccc1. The first-order valence-electron chi connectivity index (χ1n) is 8.89. The standard InChI is InChI=1S/C20H26N4O/c1-15(2)19-18(14-23(3)22-19)21-20(25)24-13-7-10-17(24)12-11-16-8-5-4-6-9-16/h4-6,8-9,11-12,14-15,17H,7,10,13H2,1-3H3,(H,21,25)/b12-11+. The molecule has 1 atom stereocenters. The molecule has 5 nitrogen and oxygen atoms in total. The smallest absolute Gasteiger partial charge is 0.318 e. The summed E-state index contributed by atoms with van der Waals surface area (Å²) in [5, 5.41) is 7.51. The van der Waals surface area contributed by atoms with Crippen molar-refractivity contribution in [2.45, 2.75) is 38.6 Å². The zero-order valence-electron chi connectivity index (χ0n) is 15.1. The molecule has 1 N–H and O–H groups in total. The van der Waals surface area contributed by atoms with Crippen molar-refractivity contribution in [2.24, 2.45) is 7.05 Å². The third-order valence-electron chi connectivity index (χ3n) is 4.52. The molecule has 0 spiro atoms. The van der Waals surface area contributed by atoms with Crippen LogP contribution >= 0.6 is 0 Å². The number of amides is 2. The molecule has 5 heteroatoms. The van der Waals surface area contributed by atoms with Crippen molar-refractivity contribution < 1.29 is 4.79 Å². The summed E-state index contributed by atoms with van der Waals surface area (Å²) in [6.07, 6.45) is 8.13. The van der Waals surface area contributed by atoms with Gasteiger partial charge in [0.2, 0.25) is 0 Å². The van der Waals surface area contributed by atoms with Gasteiger partial charge in [-0.15, -0.1) is 0 Å². The Bertz CT molecular complexity index is 748. The predicted molar refractivity (Wildman–Crippen MR) is 102 cm³/mol. The third-order valence-corrected chi connectivity index (χ3v) is 4.52. The van der Waals surface area contributed by atoms with Crippen LogP contribution in [0.15, 0.2) is 42.6 Å². The molecule has 1 aromatic carbocycles. The van der Waals surface area contributed by atoms with Crippen LogP contribution in [0.4, 0.5) is 10.5 Å². The maximum atomic E-state index is 12.8. The normalized spacial score (nSPS) is 17.6. The van der Waals surface area contributed by atoms with E-state index in [9.17, 15) is 4.79 Å². The molecule has 0 bridgehead atoms. The lowest BCUT2D eigenvalue weighted by atomic mass is 10.1. The second kappa shape index (κ2) is 7.55. The zero-order chi connectivity index (χ0) is 17.8. The Morgan fingerprint density at radius 1 is 1.32 bits per heavy atom. The molecule has 25 heavy (non-hydrogen) atoms. The van der Waals surface area contributed by atoms with Crippen molar-refractivity contribution in [3.05, 3.63) is 53.9 Å². The minimum Gasteiger partial charge on any atom is -0.318 e. The highest BCUT2D eigenvalue weighted by Crippen LogP contribution is 2.25. The summed E-state index contributed by atoms with van der Waals surface area (Å²) in [6, 6.07) is 10.3. The number of carbonyl (C=O) groups is 1. The highest BCUT2D eigenvalue weighted by Gasteiger charge is 2.27. The zero-order valence-corrected chi connectivity index (χ0v) is 15.1. The first-order chi connectivity index (χ1) is 12.0. The number of urea groups is 1. The van der Waals surface area contributed by atoms with Crippen molar-refractivity contribution in [1.29, 1.82) is 0 Å². The van der Waals surface area contributed by atoms with Gasteiger partial charge in [-0.1, -0.05) is 56.3 Å². The number of likely N-dealkylation sites (tertiary alicyclic amines) is 1. The number of aryl methyl sites for hydroxylation is 1. The number of hydrogen-bond donors (Lipinski definition) is 1. The molecule has 1 aromatic heterocycles. The van der Waals surface area contributed by atoms with Gasteiger partial charge in [-0.25, -0.2) is 4.79 Å².